The van der Waals surface area contributed by atoms with E-state index in [4.69, 9.17) is 4.74 Å². The summed E-state index contributed by atoms with van der Waals surface area (Å²) in [6.45, 7) is 3.57. The second kappa shape index (κ2) is 9.25. The Labute approximate surface area is 175 Å². The Morgan fingerprint density at radius 2 is 1.97 bits per heavy atom. The lowest BCUT2D eigenvalue weighted by Gasteiger charge is -2.24. The van der Waals surface area contributed by atoms with Crippen molar-refractivity contribution in [3.05, 3.63) is 60.8 Å². The molecule has 1 fully saturated rings. The molecule has 0 aliphatic carbocycles. The standard InChI is InChI=1S/C21H25N7O2/c1-30-19-6-4-18(5-7-19)26-9-2-10-27(12-11-26)21(29)24-14-17-3-8-20(23-13-17)28-16-22-15-25-28/h3-8,13,15-16H,2,9-12,14H2,1H3,(H,24,29). The van der Waals surface area contributed by atoms with Crippen molar-refractivity contribution < 1.29 is 9.53 Å². The van der Waals surface area contributed by atoms with Crippen molar-refractivity contribution in [2.45, 2.75) is 13.0 Å². The topological polar surface area (TPSA) is 88.4 Å². The minimum Gasteiger partial charge on any atom is -0.497 e. The zero-order valence-corrected chi connectivity index (χ0v) is 16.9. The number of carbonyl (C=O) groups is 1. The predicted octanol–water partition coefficient (Wildman–Crippen LogP) is 2.09. The van der Waals surface area contributed by atoms with E-state index in [2.05, 4.69) is 37.4 Å². The number of hydrogen-bond acceptors (Lipinski definition) is 6. The van der Waals surface area contributed by atoms with E-state index < -0.39 is 0 Å². The molecule has 2 aromatic heterocycles. The van der Waals surface area contributed by atoms with Crippen LogP contribution in [0.3, 0.4) is 0 Å². The second-order valence-electron chi connectivity index (χ2n) is 7.05. The van der Waals surface area contributed by atoms with Crippen LogP contribution in [0, 0.1) is 0 Å². The van der Waals surface area contributed by atoms with Crippen molar-refractivity contribution in [3.8, 4) is 11.6 Å². The Morgan fingerprint density at radius 1 is 1.10 bits per heavy atom. The maximum absolute atomic E-state index is 12.6. The highest BCUT2D eigenvalue weighted by Crippen LogP contribution is 2.20. The molecular formula is C21H25N7O2. The first-order valence-corrected chi connectivity index (χ1v) is 9.94. The number of urea groups is 1. The van der Waals surface area contributed by atoms with Crippen molar-refractivity contribution >= 4 is 11.7 Å². The summed E-state index contributed by atoms with van der Waals surface area (Å²) >= 11 is 0. The Balaban J connectivity index is 1.28. The highest BCUT2D eigenvalue weighted by molar-refractivity contribution is 5.74. The molecule has 1 aliphatic rings. The zero-order chi connectivity index (χ0) is 20.8. The molecule has 9 nitrogen and oxygen atoms in total. The number of pyridine rings is 1. The van der Waals surface area contributed by atoms with Gasteiger partial charge in [0, 0.05) is 44.6 Å². The molecule has 4 rings (SSSR count). The van der Waals surface area contributed by atoms with Gasteiger partial charge in [-0.1, -0.05) is 6.07 Å². The van der Waals surface area contributed by atoms with E-state index >= 15 is 0 Å². The highest BCUT2D eigenvalue weighted by atomic mass is 16.5. The molecular weight excluding hydrogens is 382 g/mol. The normalized spacial score (nSPS) is 14.3. The van der Waals surface area contributed by atoms with Gasteiger partial charge < -0.3 is 19.9 Å². The summed E-state index contributed by atoms with van der Waals surface area (Å²) in [5, 5.41) is 7.05. The van der Waals surface area contributed by atoms with Gasteiger partial charge in [-0.05, 0) is 42.3 Å². The summed E-state index contributed by atoms with van der Waals surface area (Å²) in [5.41, 5.74) is 2.08. The highest BCUT2D eigenvalue weighted by Gasteiger charge is 2.19. The Morgan fingerprint density at radius 3 is 2.67 bits per heavy atom. The van der Waals surface area contributed by atoms with Crippen LogP contribution in [0.2, 0.25) is 0 Å². The lowest BCUT2D eigenvalue weighted by Crippen LogP contribution is -2.41. The SMILES string of the molecule is COc1ccc(N2CCCN(C(=O)NCc3ccc(-n4cncn4)nc3)CC2)cc1. The average Bonchev–Trinajstić information content (AvgIpc) is 3.22. The molecule has 0 bridgehead atoms. The van der Waals surface area contributed by atoms with E-state index in [0.717, 1.165) is 43.1 Å². The molecule has 3 heterocycles. The van der Waals surface area contributed by atoms with Crippen molar-refractivity contribution in [2.24, 2.45) is 0 Å². The van der Waals surface area contributed by atoms with E-state index in [9.17, 15) is 4.79 Å². The number of aromatic nitrogens is 4. The van der Waals surface area contributed by atoms with Gasteiger partial charge in [-0.3, -0.25) is 0 Å². The van der Waals surface area contributed by atoms with Gasteiger partial charge in [0.25, 0.3) is 0 Å². The lowest BCUT2D eigenvalue weighted by molar-refractivity contribution is 0.201. The number of hydrogen-bond donors (Lipinski definition) is 1. The van der Waals surface area contributed by atoms with Gasteiger partial charge in [0.05, 0.1) is 7.11 Å². The predicted molar refractivity (Wildman–Crippen MR) is 113 cm³/mol. The van der Waals surface area contributed by atoms with Gasteiger partial charge >= 0.3 is 6.03 Å². The molecule has 0 atom stereocenters. The minimum atomic E-state index is -0.0491. The minimum absolute atomic E-state index is 0.0491. The Hall–Kier alpha value is -3.62. The average molecular weight is 407 g/mol. The zero-order valence-electron chi connectivity index (χ0n) is 16.9. The molecule has 1 saturated heterocycles. The van der Waals surface area contributed by atoms with Gasteiger partial charge in [0.2, 0.25) is 0 Å². The molecule has 0 spiro atoms. The molecule has 3 aromatic rings. The molecule has 1 aliphatic heterocycles. The maximum Gasteiger partial charge on any atom is 0.317 e. The summed E-state index contributed by atoms with van der Waals surface area (Å²) in [4.78, 5) is 25.1. The summed E-state index contributed by atoms with van der Waals surface area (Å²) < 4.78 is 6.82. The molecule has 30 heavy (non-hydrogen) atoms. The van der Waals surface area contributed by atoms with Gasteiger partial charge in [-0.2, -0.15) is 5.10 Å². The Bertz CT molecular complexity index is 943. The number of nitrogens with zero attached hydrogens (tertiary/aromatic N) is 6. The van der Waals surface area contributed by atoms with Crippen LogP contribution in [0.15, 0.2) is 55.2 Å². The fraction of sp³-hybridized carbons (Fsp3) is 0.333. The molecule has 0 radical (unpaired) electrons. The molecule has 2 amide bonds. The van der Waals surface area contributed by atoms with E-state index in [0.29, 0.717) is 18.9 Å². The van der Waals surface area contributed by atoms with Crippen LogP contribution in [-0.4, -0.2) is 64.0 Å². The van der Waals surface area contributed by atoms with Crippen molar-refractivity contribution in [3.63, 3.8) is 0 Å². The first-order chi connectivity index (χ1) is 14.7. The maximum atomic E-state index is 12.6. The van der Waals surface area contributed by atoms with Gasteiger partial charge in [0.15, 0.2) is 5.82 Å². The Kier molecular flexibility index (Phi) is 6.07. The quantitative estimate of drug-likeness (QED) is 0.697. The smallest absolute Gasteiger partial charge is 0.317 e. The summed E-state index contributed by atoms with van der Waals surface area (Å²) in [5.74, 6) is 1.53. The van der Waals surface area contributed by atoms with E-state index in [1.165, 1.54) is 6.33 Å². The number of carbonyl (C=O) groups excluding carboxylic acids is 1. The van der Waals surface area contributed by atoms with Gasteiger partial charge in [0.1, 0.15) is 18.4 Å². The van der Waals surface area contributed by atoms with Crippen LogP contribution >= 0.6 is 0 Å². The van der Waals surface area contributed by atoms with Crippen LogP contribution in [-0.2, 0) is 6.54 Å². The number of benzene rings is 1. The van der Waals surface area contributed by atoms with Gasteiger partial charge in [-0.15, -0.1) is 0 Å². The largest absolute Gasteiger partial charge is 0.497 e. The summed E-state index contributed by atoms with van der Waals surface area (Å²) in [6, 6.07) is 11.8. The number of rotatable bonds is 5. The third kappa shape index (κ3) is 4.68. The number of methoxy groups -OCH3 is 1. The van der Waals surface area contributed by atoms with Crippen LogP contribution in [0.1, 0.15) is 12.0 Å². The van der Waals surface area contributed by atoms with Crippen LogP contribution in [0.25, 0.3) is 5.82 Å². The number of amides is 2. The molecule has 156 valence electrons. The lowest BCUT2D eigenvalue weighted by atomic mass is 10.2. The van der Waals surface area contributed by atoms with Gasteiger partial charge in [-0.25, -0.2) is 19.4 Å². The molecule has 9 heteroatoms. The van der Waals surface area contributed by atoms with E-state index in [-0.39, 0.29) is 6.03 Å². The number of nitrogens with one attached hydrogen (secondary N) is 1. The third-order valence-electron chi connectivity index (χ3n) is 5.13. The summed E-state index contributed by atoms with van der Waals surface area (Å²) in [6.07, 6.45) is 5.73. The van der Waals surface area contributed by atoms with Crippen molar-refractivity contribution in [1.29, 1.82) is 0 Å². The van der Waals surface area contributed by atoms with Crippen molar-refractivity contribution in [2.75, 3.05) is 38.2 Å². The number of ether oxygens (including phenoxy) is 1. The molecule has 1 N–H and O–H groups in total. The fourth-order valence-electron chi connectivity index (χ4n) is 3.44. The first-order valence-electron chi connectivity index (χ1n) is 9.94. The van der Waals surface area contributed by atoms with Crippen molar-refractivity contribution in [1.82, 2.24) is 30.0 Å². The molecule has 1 aromatic carbocycles. The van der Waals surface area contributed by atoms with Crippen LogP contribution in [0.4, 0.5) is 10.5 Å². The van der Waals surface area contributed by atoms with Crippen LogP contribution < -0.4 is 15.0 Å². The van der Waals surface area contributed by atoms with E-state index in [1.807, 2.05) is 29.2 Å². The first kappa shape index (κ1) is 19.7. The fourth-order valence-corrected chi connectivity index (χ4v) is 3.44. The monoisotopic (exact) mass is 407 g/mol. The molecule has 0 saturated carbocycles. The number of anilines is 1. The summed E-state index contributed by atoms with van der Waals surface area (Å²) in [7, 11) is 1.67. The van der Waals surface area contributed by atoms with Crippen LogP contribution in [0.5, 0.6) is 5.75 Å². The second-order valence-corrected chi connectivity index (χ2v) is 7.05. The van der Waals surface area contributed by atoms with E-state index in [1.54, 1.807) is 24.3 Å². The molecule has 0 unspecified atom stereocenters. The third-order valence-corrected chi connectivity index (χ3v) is 5.13.